The second kappa shape index (κ2) is 5.20. The van der Waals surface area contributed by atoms with Gasteiger partial charge in [0, 0.05) is 18.5 Å². The third-order valence-electron chi connectivity index (χ3n) is 1.99. The summed E-state index contributed by atoms with van der Waals surface area (Å²) in [7, 11) is 0. The van der Waals surface area contributed by atoms with E-state index in [1.54, 1.807) is 0 Å². The van der Waals surface area contributed by atoms with Gasteiger partial charge < -0.3 is 11.1 Å². The fourth-order valence-corrected chi connectivity index (χ4v) is 1.17. The van der Waals surface area contributed by atoms with E-state index in [1.165, 1.54) is 6.07 Å². The van der Waals surface area contributed by atoms with E-state index in [1.807, 2.05) is 13.8 Å². The molecule has 96 valence electrons. The topological polar surface area (TPSA) is 63.8 Å². The van der Waals surface area contributed by atoms with Crippen LogP contribution in [0, 0.1) is 0 Å². The molecule has 17 heavy (non-hydrogen) atoms. The Morgan fingerprint density at radius 1 is 1.35 bits per heavy atom. The van der Waals surface area contributed by atoms with Crippen molar-refractivity contribution >= 4 is 11.6 Å². The zero-order valence-corrected chi connectivity index (χ0v) is 9.67. The highest BCUT2D eigenvalue weighted by Crippen LogP contribution is 2.20. The van der Waals surface area contributed by atoms with Crippen molar-refractivity contribution in [2.75, 3.05) is 17.6 Å². The quantitative estimate of drug-likeness (QED) is 0.859. The van der Waals surface area contributed by atoms with Gasteiger partial charge in [0.05, 0.1) is 6.42 Å². The second-order valence-corrected chi connectivity index (χ2v) is 3.98. The Kier molecular flexibility index (Phi) is 4.14. The maximum absolute atomic E-state index is 11.9. The zero-order chi connectivity index (χ0) is 13.1. The summed E-state index contributed by atoms with van der Waals surface area (Å²) >= 11 is 0. The highest BCUT2D eigenvalue weighted by Gasteiger charge is 2.26. The summed E-state index contributed by atoms with van der Waals surface area (Å²) in [5.74, 6) is 1.16. The summed E-state index contributed by atoms with van der Waals surface area (Å²) < 4.78 is 35.8. The molecule has 0 aliphatic carbocycles. The van der Waals surface area contributed by atoms with Crippen molar-refractivity contribution in [2.45, 2.75) is 32.4 Å². The van der Waals surface area contributed by atoms with E-state index < -0.39 is 12.6 Å². The third kappa shape index (κ3) is 4.88. The minimum Gasteiger partial charge on any atom is -0.384 e. The monoisotopic (exact) mass is 248 g/mol. The van der Waals surface area contributed by atoms with E-state index in [0.717, 1.165) is 0 Å². The van der Waals surface area contributed by atoms with Gasteiger partial charge in [0.25, 0.3) is 0 Å². The number of hydrogen-bond acceptors (Lipinski definition) is 4. The summed E-state index contributed by atoms with van der Waals surface area (Å²) in [5, 5.41) is 2.59. The standard InChI is InChI=1S/C10H15F3N4/c1-6(2)9-16-7(14)5-8(17-9)15-4-3-10(11,12)13/h5-6H,3-4H2,1-2H3,(H3,14,15,16,17). The van der Waals surface area contributed by atoms with Gasteiger partial charge in [0.15, 0.2) is 0 Å². The van der Waals surface area contributed by atoms with Gasteiger partial charge in [-0.1, -0.05) is 13.8 Å². The number of nitrogens with zero attached hydrogens (tertiary/aromatic N) is 2. The molecular formula is C10H15F3N4. The van der Waals surface area contributed by atoms with Gasteiger partial charge in [0.2, 0.25) is 0 Å². The number of nitrogen functional groups attached to an aromatic ring is 1. The van der Waals surface area contributed by atoms with Crippen molar-refractivity contribution in [3.63, 3.8) is 0 Å². The van der Waals surface area contributed by atoms with Crippen molar-refractivity contribution in [2.24, 2.45) is 0 Å². The molecule has 1 aromatic rings. The molecule has 0 unspecified atom stereocenters. The number of rotatable bonds is 4. The van der Waals surface area contributed by atoms with Crippen LogP contribution >= 0.6 is 0 Å². The largest absolute Gasteiger partial charge is 0.390 e. The van der Waals surface area contributed by atoms with Crippen LogP contribution < -0.4 is 11.1 Å². The highest BCUT2D eigenvalue weighted by molar-refractivity contribution is 5.44. The van der Waals surface area contributed by atoms with Crippen LogP contribution in [0.4, 0.5) is 24.8 Å². The van der Waals surface area contributed by atoms with Crippen LogP contribution in [0.25, 0.3) is 0 Å². The van der Waals surface area contributed by atoms with Crippen molar-refractivity contribution in [1.82, 2.24) is 9.97 Å². The molecule has 0 amide bonds. The van der Waals surface area contributed by atoms with E-state index in [9.17, 15) is 13.2 Å². The van der Waals surface area contributed by atoms with Gasteiger partial charge in [-0.25, -0.2) is 9.97 Å². The first-order chi connectivity index (χ1) is 7.78. The Morgan fingerprint density at radius 3 is 2.53 bits per heavy atom. The molecule has 1 heterocycles. The molecule has 1 aromatic heterocycles. The Morgan fingerprint density at radius 2 is 2.00 bits per heavy atom. The molecule has 0 aliphatic heterocycles. The number of nitrogens with one attached hydrogen (secondary N) is 1. The highest BCUT2D eigenvalue weighted by atomic mass is 19.4. The van der Waals surface area contributed by atoms with Crippen molar-refractivity contribution < 1.29 is 13.2 Å². The second-order valence-electron chi connectivity index (χ2n) is 3.98. The summed E-state index contributed by atoms with van der Waals surface area (Å²) in [6.07, 6.45) is -5.08. The van der Waals surface area contributed by atoms with Crippen LogP contribution in [0.3, 0.4) is 0 Å². The van der Waals surface area contributed by atoms with Crippen LogP contribution in [0.5, 0.6) is 0 Å². The summed E-state index contributed by atoms with van der Waals surface area (Å²) in [5.41, 5.74) is 5.54. The van der Waals surface area contributed by atoms with Crippen molar-refractivity contribution in [3.8, 4) is 0 Å². The first-order valence-electron chi connectivity index (χ1n) is 5.23. The lowest BCUT2D eigenvalue weighted by Gasteiger charge is -2.11. The average Bonchev–Trinajstić information content (AvgIpc) is 2.14. The van der Waals surface area contributed by atoms with E-state index in [4.69, 9.17) is 5.73 Å². The number of nitrogens with two attached hydrogens (primary N) is 1. The minimum atomic E-state index is -4.17. The van der Waals surface area contributed by atoms with Crippen molar-refractivity contribution in [1.29, 1.82) is 0 Å². The molecule has 0 spiro atoms. The molecule has 3 N–H and O–H groups in total. The summed E-state index contributed by atoms with van der Waals surface area (Å²) in [6.45, 7) is 3.54. The maximum atomic E-state index is 11.9. The van der Waals surface area contributed by atoms with Gasteiger partial charge in [-0.05, 0) is 0 Å². The number of anilines is 2. The Bertz CT molecular complexity index is 376. The number of hydrogen-bond donors (Lipinski definition) is 2. The minimum absolute atomic E-state index is 0.0710. The predicted octanol–water partition coefficient (Wildman–Crippen LogP) is 2.55. The predicted molar refractivity (Wildman–Crippen MR) is 59.7 cm³/mol. The molecule has 7 heteroatoms. The molecule has 0 fully saturated rings. The Hall–Kier alpha value is -1.53. The third-order valence-corrected chi connectivity index (χ3v) is 1.99. The van der Waals surface area contributed by atoms with E-state index in [0.29, 0.717) is 11.6 Å². The first-order valence-corrected chi connectivity index (χ1v) is 5.23. The van der Waals surface area contributed by atoms with Gasteiger partial charge >= 0.3 is 6.18 Å². The smallest absolute Gasteiger partial charge is 0.384 e. The van der Waals surface area contributed by atoms with Crippen molar-refractivity contribution in [3.05, 3.63) is 11.9 Å². The summed E-state index contributed by atoms with van der Waals surface area (Å²) in [4.78, 5) is 8.08. The normalized spacial score (nSPS) is 11.9. The molecule has 0 aromatic carbocycles. The lowest BCUT2D eigenvalue weighted by molar-refractivity contribution is -0.131. The molecule has 0 bridgehead atoms. The molecule has 1 rings (SSSR count). The molecule has 4 nitrogen and oxygen atoms in total. The van der Waals surface area contributed by atoms with Crippen LogP contribution in [-0.4, -0.2) is 22.7 Å². The van der Waals surface area contributed by atoms with E-state index in [-0.39, 0.29) is 18.3 Å². The van der Waals surface area contributed by atoms with E-state index in [2.05, 4.69) is 15.3 Å². The van der Waals surface area contributed by atoms with Crippen LogP contribution in [0.2, 0.25) is 0 Å². The average molecular weight is 248 g/mol. The van der Waals surface area contributed by atoms with Gasteiger partial charge in [-0.3, -0.25) is 0 Å². The number of halogens is 3. The molecule has 0 saturated heterocycles. The molecule has 0 atom stereocenters. The Balaban J connectivity index is 2.65. The first kappa shape index (κ1) is 13.5. The molecule has 0 radical (unpaired) electrons. The van der Waals surface area contributed by atoms with Crippen LogP contribution in [0.1, 0.15) is 32.0 Å². The number of aromatic nitrogens is 2. The SMILES string of the molecule is CC(C)c1nc(N)cc(NCCC(F)(F)F)n1. The molecule has 0 aliphatic rings. The lowest BCUT2D eigenvalue weighted by Crippen LogP contribution is -2.16. The fraction of sp³-hybridized carbons (Fsp3) is 0.600. The van der Waals surface area contributed by atoms with Crippen LogP contribution in [0.15, 0.2) is 6.07 Å². The van der Waals surface area contributed by atoms with Crippen LogP contribution in [-0.2, 0) is 0 Å². The maximum Gasteiger partial charge on any atom is 0.390 e. The van der Waals surface area contributed by atoms with Gasteiger partial charge in [0.1, 0.15) is 17.5 Å². The fourth-order valence-electron chi connectivity index (χ4n) is 1.17. The number of alkyl halides is 3. The lowest BCUT2D eigenvalue weighted by atomic mass is 10.2. The molecule has 0 saturated carbocycles. The van der Waals surface area contributed by atoms with Gasteiger partial charge in [-0.15, -0.1) is 0 Å². The van der Waals surface area contributed by atoms with Gasteiger partial charge in [-0.2, -0.15) is 13.2 Å². The Labute approximate surface area is 97.4 Å². The summed E-state index contributed by atoms with van der Waals surface area (Å²) in [6, 6.07) is 1.42. The molecular weight excluding hydrogens is 233 g/mol. The van der Waals surface area contributed by atoms with E-state index >= 15 is 0 Å². The zero-order valence-electron chi connectivity index (χ0n) is 9.67.